The molecule has 1 aromatic heterocycles. The molecule has 5 nitrogen and oxygen atoms in total. The number of aryl methyl sites for hydroxylation is 1. The van der Waals surface area contributed by atoms with Gasteiger partial charge in [0.05, 0.1) is 6.61 Å². The Balaban J connectivity index is 1.81. The molecular weight excluding hydrogens is 288 g/mol. The van der Waals surface area contributed by atoms with Crippen molar-refractivity contribution in [1.82, 2.24) is 4.98 Å². The Labute approximate surface area is 137 Å². The van der Waals surface area contributed by atoms with E-state index in [1.54, 1.807) is 6.20 Å². The summed E-state index contributed by atoms with van der Waals surface area (Å²) in [6, 6.07) is 11.4. The van der Waals surface area contributed by atoms with Gasteiger partial charge in [0.15, 0.2) is 5.96 Å². The molecule has 0 fully saturated rings. The zero-order chi connectivity index (χ0) is 16.5. The molecule has 2 rings (SSSR count). The van der Waals surface area contributed by atoms with Crippen LogP contribution in [0, 0.1) is 12.3 Å². The van der Waals surface area contributed by atoms with Crippen molar-refractivity contribution in [2.75, 3.05) is 17.2 Å². The van der Waals surface area contributed by atoms with Gasteiger partial charge in [-0.1, -0.05) is 19.8 Å². The number of rotatable bonds is 7. The molecule has 0 saturated carbocycles. The Kier molecular flexibility index (Phi) is 6.41. The van der Waals surface area contributed by atoms with Crippen molar-refractivity contribution < 1.29 is 4.74 Å². The molecule has 2 aromatic rings. The normalized spacial score (nSPS) is 10.2. The minimum absolute atomic E-state index is 0.180. The van der Waals surface area contributed by atoms with Crippen LogP contribution in [-0.2, 0) is 0 Å². The van der Waals surface area contributed by atoms with E-state index in [-0.39, 0.29) is 5.96 Å². The molecule has 0 radical (unpaired) electrons. The van der Waals surface area contributed by atoms with Gasteiger partial charge in [0, 0.05) is 11.9 Å². The molecule has 1 heterocycles. The van der Waals surface area contributed by atoms with E-state index in [0.29, 0.717) is 5.82 Å². The van der Waals surface area contributed by atoms with Crippen LogP contribution in [0.3, 0.4) is 0 Å². The highest BCUT2D eigenvalue weighted by molar-refractivity contribution is 6.00. The second-order valence-electron chi connectivity index (χ2n) is 5.42. The lowest BCUT2D eigenvalue weighted by molar-refractivity contribution is 0.306. The number of ether oxygens (including phenoxy) is 1. The summed E-state index contributed by atoms with van der Waals surface area (Å²) < 4.78 is 5.67. The molecular formula is C18H24N4O. The summed E-state index contributed by atoms with van der Waals surface area (Å²) in [6.07, 6.45) is 5.18. The Morgan fingerprint density at radius 2 is 1.91 bits per heavy atom. The lowest BCUT2D eigenvalue weighted by Crippen LogP contribution is -2.21. The van der Waals surface area contributed by atoms with Crippen molar-refractivity contribution in [2.45, 2.75) is 33.1 Å². The highest BCUT2D eigenvalue weighted by atomic mass is 16.5. The first kappa shape index (κ1) is 16.8. The summed E-state index contributed by atoms with van der Waals surface area (Å²) in [5.41, 5.74) is 1.93. The van der Waals surface area contributed by atoms with Gasteiger partial charge in [-0.25, -0.2) is 4.98 Å². The van der Waals surface area contributed by atoms with Crippen molar-refractivity contribution >= 4 is 17.5 Å². The van der Waals surface area contributed by atoms with Crippen LogP contribution in [0.5, 0.6) is 5.75 Å². The first-order valence-corrected chi connectivity index (χ1v) is 7.95. The van der Waals surface area contributed by atoms with Gasteiger partial charge >= 0.3 is 0 Å². The fraction of sp³-hybridized carbons (Fsp3) is 0.333. The van der Waals surface area contributed by atoms with E-state index in [1.807, 2.05) is 43.3 Å². The molecule has 0 amide bonds. The van der Waals surface area contributed by atoms with E-state index < -0.39 is 0 Å². The fourth-order valence-corrected chi connectivity index (χ4v) is 2.08. The number of anilines is 2. The maximum absolute atomic E-state index is 7.95. The Morgan fingerprint density at radius 1 is 1.13 bits per heavy atom. The topological polar surface area (TPSA) is 70.0 Å². The third-order valence-corrected chi connectivity index (χ3v) is 3.31. The van der Waals surface area contributed by atoms with Crippen LogP contribution in [-0.4, -0.2) is 17.6 Å². The van der Waals surface area contributed by atoms with Crippen LogP contribution >= 0.6 is 0 Å². The predicted octanol–water partition coefficient (Wildman–Crippen LogP) is 4.42. The van der Waals surface area contributed by atoms with E-state index in [9.17, 15) is 0 Å². The highest BCUT2D eigenvalue weighted by Crippen LogP contribution is 2.16. The van der Waals surface area contributed by atoms with Gasteiger partial charge in [0.1, 0.15) is 11.6 Å². The van der Waals surface area contributed by atoms with Crippen LogP contribution in [0.2, 0.25) is 0 Å². The van der Waals surface area contributed by atoms with E-state index in [0.717, 1.165) is 30.0 Å². The molecule has 0 aliphatic heterocycles. The monoisotopic (exact) mass is 312 g/mol. The van der Waals surface area contributed by atoms with Gasteiger partial charge in [-0.15, -0.1) is 0 Å². The highest BCUT2D eigenvalue weighted by Gasteiger charge is 2.01. The minimum Gasteiger partial charge on any atom is -0.494 e. The summed E-state index contributed by atoms with van der Waals surface area (Å²) in [5.74, 6) is 1.68. The maximum atomic E-state index is 7.95. The standard InChI is InChI=1S/C18H24N4O/c1-3-4-5-12-23-16-8-6-15(7-9-16)21-18(19)22-17-13-14(2)10-11-20-17/h6-11,13H,3-5,12H2,1-2H3,(H3,19,20,21,22). The van der Waals surface area contributed by atoms with Crippen molar-refractivity contribution in [1.29, 1.82) is 5.41 Å². The number of hydrogen-bond donors (Lipinski definition) is 3. The van der Waals surface area contributed by atoms with Crippen LogP contribution in [0.1, 0.15) is 31.7 Å². The second kappa shape index (κ2) is 8.78. The summed E-state index contributed by atoms with van der Waals surface area (Å²) in [5, 5.41) is 13.9. The number of nitrogens with zero attached hydrogens (tertiary/aromatic N) is 1. The number of guanidine groups is 1. The molecule has 3 N–H and O–H groups in total. The van der Waals surface area contributed by atoms with Crippen molar-refractivity contribution in [3.8, 4) is 5.75 Å². The zero-order valence-corrected chi connectivity index (χ0v) is 13.7. The van der Waals surface area contributed by atoms with Gasteiger partial charge in [-0.05, 0) is 55.3 Å². The van der Waals surface area contributed by atoms with Crippen LogP contribution in [0.15, 0.2) is 42.6 Å². The lowest BCUT2D eigenvalue weighted by atomic mass is 10.2. The molecule has 0 aliphatic rings. The van der Waals surface area contributed by atoms with Crippen LogP contribution < -0.4 is 15.4 Å². The molecule has 122 valence electrons. The number of pyridine rings is 1. The number of benzene rings is 1. The molecule has 0 aliphatic carbocycles. The maximum Gasteiger partial charge on any atom is 0.198 e. The third kappa shape index (κ3) is 5.98. The van der Waals surface area contributed by atoms with E-state index in [1.165, 1.54) is 12.8 Å². The van der Waals surface area contributed by atoms with Crippen molar-refractivity contribution in [2.24, 2.45) is 0 Å². The first-order chi connectivity index (χ1) is 11.2. The van der Waals surface area contributed by atoms with Crippen LogP contribution in [0.4, 0.5) is 11.5 Å². The molecule has 1 aromatic carbocycles. The second-order valence-corrected chi connectivity index (χ2v) is 5.42. The smallest absolute Gasteiger partial charge is 0.198 e. The van der Waals surface area contributed by atoms with E-state index in [2.05, 4.69) is 22.5 Å². The van der Waals surface area contributed by atoms with Gasteiger partial charge in [0.2, 0.25) is 0 Å². The molecule has 0 atom stereocenters. The lowest BCUT2D eigenvalue weighted by Gasteiger charge is -2.11. The largest absolute Gasteiger partial charge is 0.494 e. The number of unbranched alkanes of at least 4 members (excludes halogenated alkanes) is 2. The zero-order valence-electron chi connectivity index (χ0n) is 13.7. The molecule has 0 spiro atoms. The molecule has 0 bridgehead atoms. The molecule has 0 unspecified atom stereocenters. The number of hydrogen-bond acceptors (Lipinski definition) is 3. The molecule has 5 heteroatoms. The van der Waals surface area contributed by atoms with E-state index in [4.69, 9.17) is 10.1 Å². The number of nitrogens with one attached hydrogen (secondary N) is 3. The van der Waals surface area contributed by atoms with Crippen molar-refractivity contribution in [3.63, 3.8) is 0 Å². The minimum atomic E-state index is 0.180. The van der Waals surface area contributed by atoms with E-state index >= 15 is 0 Å². The van der Waals surface area contributed by atoms with Crippen LogP contribution in [0.25, 0.3) is 0 Å². The molecule has 0 saturated heterocycles. The third-order valence-electron chi connectivity index (χ3n) is 3.31. The van der Waals surface area contributed by atoms with Gasteiger partial charge in [-0.3, -0.25) is 5.41 Å². The summed E-state index contributed by atoms with van der Waals surface area (Å²) in [7, 11) is 0. The average molecular weight is 312 g/mol. The fourth-order valence-electron chi connectivity index (χ4n) is 2.08. The Bertz CT molecular complexity index is 625. The number of aromatic nitrogens is 1. The summed E-state index contributed by atoms with van der Waals surface area (Å²) >= 11 is 0. The SMILES string of the molecule is CCCCCOc1ccc(NC(=N)Nc2cc(C)ccn2)cc1. The Morgan fingerprint density at radius 3 is 2.61 bits per heavy atom. The van der Waals surface area contributed by atoms with Gasteiger partial charge in [-0.2, -0.15) is 0 Å². The predicted molar refractivity (Wildman–Crippen MR) is 95.4 cm³/mol. The molecule has 23 heavy (non-hydrogen) atoms. The van der Waals surface area contributed by atoms with Crippen molar-refractivity contribution in [3.05, 3.63) is 48.2 Å². The Hall–Kier alpha value is -2.56. The average Bonchev–Trinajstić information content (AvgIpc) is 2.53. The first-order valence-electron chi connectivity index (χ1n) is 7.95. The summed E-state index contributed by atoms with van der Waals surface area (Å²) in [4.78, 5) is 4.17. The quantitative estimate of drug-likeness (QED) is 0.402. The summed E-state index contributed by atoms with van der Waals surface area (Å²) in [6.45, 7) is 4.91. The van der Waals surface area contributed by atoms with Gasteiger partial charge < -0.3 is 15.4 Å². The van der Waals surface area contributed by atoms with Gasteiger partial charge in [0.25, 0.3) is 0 Å².